The molecular weight excluding hydrogens is 138 g/mol. The second-order valence-corrected chi connectivity index (χ2v) is 3.50. The van der Waals surface area contributed by atoms with Crippen molar-refractivity contribution in [2.75, 3.05) is 0 Å². The smallest absolute Gasteiger partial charge is 0.0592 e. The molecule has 2 nitrogen and oxygen atoms in total. The van der Waals surface area contributed by atoms with Gasteiger partial charge in [-0.15, -0.1) is 0 Å². The summed E-state index contributed by atoms with van der Waals surface area (Å²) in [5.41, 5.74) is 1.10. The van der Waals surface area contributed by atoms with Crippen LogP contribution in [0.5, 0.6) is 0 Å². The molecule has 0 aliphatic carbocycles. The molecule has 0 aromatic heterocycles. The van der Waals surface area contributed by atoms with Gasteiger partial charge in [-0.05, 0) is 33.1 Å². The molecule has 0 saturated heterocycles. The minimum atomic E-state index is -0.147. The monoisotopic (exact) mass is 155 g/mol. The van der Waals surface area contributed by atoms with Crippen LogP contribution in [-0.4, -0.2) is 23.0 Å². The van der Waals surface area contributed by atoms with Gasteiger partial charge in [0.25, 0.3) is 0 Å². The maximum Gasteiger partial charge on any atom is 0.0592 e. The Hall–Kier alpha value is -0.370. The fourth-order valence-corrected chi connectivity index (χ4v) is 1.59. The lowest BCUT2D eigenvalue weighted by molar-refractivity contribution is 0.165. The van der Waals surface area contributed by atoms with Crippen molar-refractivity contribution in [2.24, 2.45) is 4.99 Å². The maximum absolute atomic E-state index is 9.39. The third-order valence-electron chi connectivity index (χ3n) is 2.13. The Labute approximate surface area is 68.3 Å². The second-order valence-electron chi connectivity index (χ2n) is 3.50. The minimum Gasteiger partial charge on any atom is -0.393 e. The lowest BCUT2D eigenvalue weighted by Gasteiger charge is -2.16. The predicted molar refractivity (Wildman–Crippen MR) is 47.0 cm³/mol. The Bertz CT molecular complexity index is 154. The van der Waals surface area contributed by atoms with Gasteiger partial charge in [0.15, 0.2) is 0 Å². The highest BCUT2D eigenvalue weighted by Crippen LogP contribution is 2.13. The summed E-state index contributed by atoms with van der Waals surface area (Å²) in [4.78, 5) is 4.44. The largest absolute Gasteiger partial charge is 0.393 e. The first-order valence-electron chi connectivity index (χ1n) is 4.40. The third kappa shape index (κ3) is 3.02. The van der Waals surface area contributed by atoms with Crippen molar-refractivity contribution in [3.63, 3.8) is 0 Å². The molecule has 0 amide bonds. The van der Waals surface area contributed by atoms with Crippen molar-refractivity contribution in [1.82, 2.24) is 0 Å². The van der Waals surface area contributed by atoms with E-state index in [-0.39, 0.29) is 6.10 Å². The lowest BCUT2D eigenvalue weighted by Crippen LogP contribution is -2.16. The van der Waals surface area contributed by atoms with Gasteiger partial charge >= 0.3 is 0 Å². The van der Waals surface area contributed by atoms with E-state index < -0.39 is 0 Å². The summed E-state index contributed by atoms with van der Waals surface area (Å²) in [6.45, 7) is 4.15. The molecule has 1 rings (SSSR count). The molecule has 1 aliphatic heterocycles. The normalized spacial score (nSPS) is 33.9. The third-order valence-corrected chi connectivity index (χ3v) is 2.13. The molecule has 0 aromatic rings. The topological polar surface area (TPSA) is 32.6 Å². The molecule has 0 spiro atoms. The molecule has 0 saturated carbocycles. The Morgan fingerprint density at radius 1 is 1.45 bits per heavy atom. The lowest BCUT2D eigenvalue weighted by atomic mass is 10.0. The molecule has 0 bridgehead atoms. The molecule has 2 heteroatoms. The van der Waals surface area contributed by atoms with Gasteiger partial charge in [0.05, 0.1) is 6.10 Å². The van der Waals surface area contributed by atoms with Gasteiger partial charge in [0.2, 0.25) is 0 Å². The Balaban J connectivity index is 2.54. The summed E-state index contributed by atoms with van der Waals surface area (Å²) in [6, 6.07) is 0.461. The number of aliphatic hydroxyl groups excluding tert-OH is 1. The predicted octanol–water partition coefficient (Wildman–Crippen LogP) is 1.77. The molecule has 64 valence electrons. The van der Waals surface area contributed by atoms with Crippen LogP contribution in [-0.2, 0) is 0 Å². The van der Waals surface area contributed by atoms with Crippen LogP contribution in [0.25, 0.3) is 0 Å². The fourth-order valence-electron chi connectivity index (χ4n) is 1.59. The average Bonchev–Trinajstić information content (AvgIpc) is 1.83. The van der Waals surface area contributed by atoms with E-state index >= 15 is 0 Å². The number of nitrogens with zero attached hydrogens (tertiary/aromatic N) is 1. The molecule has 2 atom stereocenters. The zero-order valence-corrected chi connectivity index (χ0v) is 7.38. The van der Waals surface area contributed by atoms with E-state index in [1.807, 2.05) is 6.92 Å². The standard InChI is InChI=1S/C9H17NO/c1-7-4-3-5-9(11)6-8(2)10-7/h7,9,11H,3-6H2,1-2H3. The van der Waals surface area contributed by atoms with Crippen molar-refractivity contribution >= 4 is 5.71 Å². The zero-order chi connectivity index (χ0) is 8.27. The molecule has 11 heavy (non-hydrogen) atoms. The molecule has 2 unspecified atom stereocenters. The van der Waals surface area contributed by atoms with Crippen LogP contribution in [0.3, 0.4) is 0 Å². The Morgan fingerprint density at radius 3 is 2.91 bits per heavy atom. The van der Waals surface area contributed by atoms with E-state index in [1.165, 1.54) is 0 Å². The first-order valence-corrected chi connectivity index (χ1v) is 4.40. The van der Waals surface area contributed by atoms with Crippen LogP contribution in [0.4, 0.5) is 0 Å². The van der Waals surface area contributed by atoms with Crippen molar-refractivity contribution in [2.45, 2.75) is 51.7 Å². The second kappa shape index (κ2) is 3.86. The van der Waals surface area contributed by atoms with Crippen LogP contribution in [0, 0.1) is 0 Å². The van der Waals surface area contributed by atoms with Gasteiger partial charge in [0.1, 0.15) is 0 Å². The van der Waals surface area contributed by atoms with Crippen molar-refractivity contribution < 1.29 is 5.11 Å². The van der Waals surface area contributed by atoms with Gasteiger partial charge in [-0.25, -0.2) is 0 Å². The van der Waals surface area contributed by atoms with Crippen LogP contribution in [0.1, 0.15) is 39.5 Å². The summed E-state index contributed by atoms with van der Waals surface area (Å²) >= 11 is 0. The summed E-state index contributed by atoms with van der Waals surface area (Å²) < 4.78 is 0. The van der Waals surface area contributed by atoms with E-state index in [4.69, 9.17) is 0 Å². The number of rotatable bonds is 0. The van der Waals surface area contributed by atoms with Gasteiger partial charge in [0, 0.05) is 18.2 Å². The number of hydrogen-bond acceptors (Lipinski definition) is 2. The number of hydrogen-bond donors (Lipinski definition) is 1. The molecule has 1 heterocycles. The fraction of sp³-hybridized carbons (Fsp3) is 0.889. The van der Waals surface area contributed by atoms with Gasteiger partial charge < -0.3 is 5.11 Å². The molecule has 0 radical (unpaired) electrons. The van der Waals surface area contributed by atoms with E-state index in [0.29, 0.717) is 6.04 Å². The van der Waals surface area contributed by atoms with Gasteiger partial charge in [-0.3, -0.25) is 4.99 Å². The highest BCUT2D eigenvalue weighted by atomic mass is 16.3. The van der Waals surface area contributed by atoms with Crippen molar-refractivity contribution in [3.05, 3.63) is 0 Å². The summed E-state index contributed by atoms with van der Waals surface area (Å²) in [6.07, 6.45) is 3.79. The van der Waals surface area contributed by atoms with Crippen LogP contribution >= 0.6 is 0 Å². The highest BCUT2D eigenvalue weighted by Gasteiger charge is 2.11. The highest BCUT2D eigenvalue weighted by molar-refractivity contribution is 5.82. The zero-order valence-electron chi connectivity index (χ0n) is 7.38. The quantitative estimate of drug-likeness (QED) is 0.568. The van der Waals surface area contributed by atoms with E-state index in [1.54, 1.807) is 0 Å². The van der Waals surface area contributed by atoms with E-state index in [9.17, 15) is 5.11 Å². The van der Waals surface area contributed by atoms with Crippen molar-refractivity contribution in [3.8, 4) is 0 Å². The molecule has 0 fully saturated rings. The summed E-state index contributed by atoms with van der Waals surface area (Å²) in [7, 11) is 0. The first-order chi connectivity index (χ1) is 5.18. The van der Waals surface area contributed by atoms with Gasteiger partial charge in [-0.1, -0.05) is 0 Å². The Morgan fingerprint density at radius 2 is 2.18 bits per heavy atom. The first kappa shape index (κ1) is 8.72. The van der Waals surface area contributed by atoms with Crippen LogP contribution < -0.4 is 0 Å². The SMILES string of the molecule is CC1=NC(C)CCCC(O)C1. The molecule has 0 aromatic carbocycles. The average molecular weight is 155 g/mol. The van der Waals surface area contributed by atoms with Crippen LogP contribution in [0.2, 0.25) is 0 Å². The minimum absolute atomic E-state index is 0.147. The molecular formula is C9H17NO. The Kier molecular flexibility index (Phi) is 3.06. The number of aliphatic imine (C=N–C) groups is 1. The summed E-state index contributed by atoms with van der Waals surface area (Å²) in [5, 5.41) is 9.39. The van der Waals surface area contributed by atoms with Gasteiger partial charge in [-0.2, -0.15) is 0 Å². The van der Waals surface area contributed by atoms with Crippen molar-refractivity contribution in [1.29, 1.82) is 0 Å². The van der Waals surface area contributed by atoms with E-state index in [0.717, 1.165) is 31.4 Å². The van der Waals surface area contributed by atoms with Crippen LogP contribution in [0.15, 0.2) is 4.99 Å². The summed E-state index contributed by atoms with van der Waals surface area (Å²) in [5.74, 6) is 0. The van der Waals surface area contributed by atoms with E-state index in [2.05, 4.69) is 11.9 Å². The molecule has 1 N–H and O–H groups in total. The number of aliphatic hydroxyl groups is 1. The maximum atomic E-state index is 9.39. The molecule has 1 aliphatic rings.